The molecule has 2 aromatic carbocycles. The number of hydrogen-bond acceptors (Lipinski definition) is 3. The molecule has 5 rings (SSSR count). The van der Waals surface area contributed by atoms with Gasteiger partial charge in [0.1, 0.15) is 5.82 Å². The van der Waals surface area contributed by atoms with E-state index >= 15 is 0 Å². The average Bonchev–Trinajstić information content (AvgIpc) is 3.23. The molecule has 30 heavy (non-hydrogen) atoms. The minimum Gasteiger partial charge on any atom is -0.399 e. The first kappa shape index (κ1) is 19.3. The monoisotopic (exact) mass is 398 g/mol. The first-order valence-corrected chi connectivity index (χ1v) is 10.7. The SMILES string of the molecule is CC1(C)OB(c2cccc(-c3nc4ccccc4n3C3=CCCC=C3)c2)OC1(C)C. The molecule has 0 spiro atoms. The number of imidazole rings is 1. The van der Waals surface area contributed by atoms with Crippen molar-refractivity contribution in [3.63, 3.8) is 0 Å². The van der Waals surface area contributed by atoms with Crippen molar-refractivity contribution in [2.75, 3.05) is 0 Å². The van der Waals surface area contributed by atoms with Gasteiger partial charge in [-0.3, -0.25) is 4.57 Å². The molecule has 1 aliphatic carbocycles. The zero-order valence-electron chi connectivity index (χ0n) is 18.1. The largest absolute Gasteiger partial charge is 0.494 e. The highest BCUT2D eigenvalue weighted by atomic mass is 16.7. The molecular weight excluding hydrogens is 371 g/mol. The van der Waals surface area contributed by atoms with Crippen molar-refractivity contribution >= 4 is 29.3 Å². The standard InChI is InChI=1S/C25H27BN2O2/c1-24(2)25(3,4)30-26(29-24)19-12-10-11-18(17-19)23-27-21-15-8-9-16-22(21)28(23)20-13-6-5-7-14-20/h6,8-17H,5,7H2,1-4H3. The first-order chi connectivity index (χ1) is 14.4. The summed E-state index contributed by atoms with van der Waals surface area (Å²) in [4.78, 5) is 4.99. The van der Waals surface area contributed by atoms with Crippen molar-refractivity contribution in [1.29, 1.82) is 0 Å². The molecule has 0 unspecified atom stereocenters. The maximum absolute atomic E-state index is 6.27. The molecule has 2 aliphatic rings. The molecular formula is C25H27BN2O2. The van der Waals surface area contributed by atoms with Gasteiger partial charge >= 0.3 is 7.12 Å². The van der Waals surface area contributed by atoms with E-state index in [4.69, 9.17) is 14.3 Å². The Kier molecular flexibility index (Phi) is 4.49. The summed E-state index contributed by atoms with van der Waals surface area (Å²) >= 11 is 0. The molecule has 0 N–H and O–H groups in total. The summed E-state index contributed by atoms with van der Waals surface area (Å²) in [7, 11) is -0.387. The van der Waals surface area contributed by atoms with E-state index in [0.717, 1.165) is 40.7 Å². The van der Waals surface area contributed by atoms with Crippen molar-refractivity contribution in [3.8, 4) is 11.4 Å². The number of aromatic nitrogens is 2. The molecule has 1 aliphatic heterocycles. The Labute approximate surface area is 178 Å². The van der Waals surface area contributed by atoms with Gasteiger partial charge in [0.25, 0.3) is 0 Å². The lowest BCUT2D eigenvalue weighted by atomic mass is 9.78. The highest BCUT2D eigenvalue weighted by Crippen LogP contribution is 2.37. The Morgan fingerprint density at radius 1 is 0.933 bits per heavy atom. The molecule has 152 valence electrons. The van der Waals surface area contributed by atoms with Gasteiger partial charge in [0, 0.05) is 11.3 Å². The lowest BCUT2D eigenvalue weighted by Gasteiger charge is -2.32. The fourth-order valence-electron chi connectivity index (χ4n) is 4.05. The lowest BCUT2D eigenvalue weighted by Crippen LogP contribution is -2.41. The van der Waals surface area contributed by atoms with Crippen LogP contribution >= 0.6 is 0 Å². The van der Waals surface area contributed by atoms with E-state index in [9.17, 15) is 0 Å². The molecule has 1 aromatic heterocycles. The van der Waals surface area contributed by atoms with Crippen LogP contribution in [0.4, 0.5) is 0 Å². The second-order valence-corrected chi connectivity index (χ2v) is 9.08. The van der Waals surface area contributed by atoms with Crippen LogP contribution in [0.25, 0.3) is 28.1 Å². The van der Waals surface area contributed by atoms with Crippen LogP contribution in [0.2, 0.25) is 0 Å². The van der Waals surface area contributed by atoms with Crippen molar-refractivity contribution in [1.82, 2.24) is 9.55 Å². The van der Waals surface area contributed by atoms with E-state index in [1.807, 2.05) is 6.07 Å². The topological polar surface area (TPSA) is 36.3 Å². The third-order valence-electron chi connectivity index (χ3n) is 6.46. The van der Waals surface area contributed by atoms with Crippen molar-refractivity contribution in [2.24, 2.45) is 0 Å². The number of hydrogen-bond donors (Lipinski definition) is 0. The normalized spacial score (nSPS) is 20.0. The van der Waals surface area contributed by atoms with Gasteiger partial charge in [0.2, 0.25) is 0 Å². The highest BCUT2D eigenvalue weighted by molar-refractivity contribution is 6.62. The van der Waals surface area contributed by atoms with Crippen molar-refractivity contribution in [2.45, 2.75) is 51.7 Å². The molecule has 0 bridgehead atoms. The molecule has 0 atom stereocenters. The summed E-state index contributed by atoms with van der Waals surface area (Å²) in [6.07, 6.45) is 8.85. The minimum absolute atomic E-state index is 0.363. The summed E-state index contributed by atoms with van der Waals surface area (Å²) in [5.74, 6) is 0.937. The Balaban J connectivity index is 1.61. The van der Waals surface area contributed by atoms with Crippen LogP contribution in [-0.2, 0) is 9.31 Å². The molecule has 5 heteroatoms. The molecule has 0 amide bonds. The Morgan fingerprint density at radius 2 is 1.70 bits per heavy atom. The smallest absolute Gasteiger partial charge is 0.399 e. The molecule has 1 fully saturated rings. The average molecular weight is 398 g/mol. The van der Waals surface area contributed by atoms with Crippen molar-refractivity contribution < 1.29 is 9.31 Å². The minimum atomic E-state index is -0.387. The fourth-order valence-corrected chi connectivity index (χ4v) is 4.05. The summed E-state index contributed by atoms with van der Waals surface area (Å²) in [6.45, 7) is 8.33. The van der Waals surface area contributed by atoms with Crippen LogP contribution in [0.5, 0.6) is 0 Å². The summed E-state index contributed by atoms with van der Waals surface area (Å²) < 4.78 is 14.8. The number of benzene rings is 2. The molecule has 0 saturated carbocycles. The summed E-state index contributed by atoms with van der Waals surface area (Å²) in [5, 5.41) is 0. The van der Waals surface area contributed by atoms with E-state index in [2.05, 4.69) is 93.0 Å². The van der Waals surface area contributed by atoms with Gasteiger partial charge in [0.05, 0.1) is 22.2 Å². The zero-order chi connectivity index (χ0) is 20.9. The summed E-state index contributed by atoms with van der Waals surface area (Å²) in [6, 6.07) is 16.7. The quantitative estimate of drug-likeness (QED) is 0.570. The summed E-state index contributed by atoms with van der Waals surface area (Å²) in [5.41, 5.74) is 4.62. The molecule has 0 radical (unpaired) electrons. The predicted molar refractivity (Wildman–Crippen MR) is 124 cm³/mol. The van der Waals surface area contributed by atoms with Gasteiger partial charge in [-0.15, -0.1) is 0 Å². The Morgan fingerprint density at radius 3 is 2.43 bits per heavy atom. The highest BCUT2D eigenvalue weighted by Gasteiger charge is 2.51. The van der Waals surface area contributed by atoms with Gasteiger partial charge in [-0.1, -0.05) is 48.6 Å². The number of allylic oxidation sites excluding steroid dienone is 4. The predicted octanol–water partition coefficient (Wildman–Crippen LogP) is 5.19. The van der Waals surface area contributed by atoms with Crippen LogP contribution in [0.3, 0.4) is 0 Å². The Bertz CT molecular complexity index is 1160. The molecule has 1 saturated heterocycles. The van der Waals surface area contributed by atoms with Crippen LogP contribution in [-0.4, -0.2) is 27.9 Å². The van der Waals surface area contributed by atoms with E-state index in [1.54, 1.807) is 0 Å². The van der Waals surface area contributed by atoms with Gasteiger partial charge in [0.15, 0.2) is 0 Å². The van der Waals surface area contributed by atoms with Gasteiger partial charge < -0.3 is 9.31 Å². The first-order valence-electron chi connectivity index (χ1n) is 10.7. The third kappa shape index (κ3) is 3.13. The van der Waals surface area contributed by atoms with E-state index < -0.39 is 0 Å². The van der Waals surface area contributed by atoms with Gasteiger partial charge in [-0.05, 0) is 64.2 Å². The fraction of sp³-hybridized carbons (Fsp3) is 0.320. The zero-order valence-corrected chi connectivity index (χ0v) is 18.1. The maximum Gasteiger partial charge on any atom is 0.494 e. The maximum atomic E-state index is 6.27. The molecule has 4 nitrogen and oxygen atoms in total. The van der Waals surface area contributed by atoms with E-state index in [1.165, 1.54) is 5.70 Å². The van der Waals surface area contributed by atoms with Crippen LogP contribution in [0, 0.1) is 0 Å². The van der Waals surface area contributed by atoms with Crippen LogP contribution < -0.4 is 5.46 Å². The number of para-hydroxylation sites is 2. The Hall–Kier alpha value is -2.63. The van der Waals surface area contributed by atoms with E-state index in [-0.39, 0.29) is 18.3 Å². The molecule has 2 heterocycles. The van der Waals surface area contributed by atoms with Crippen LogP contribution in [0.1, 0.15) is 40.5 Å². The number of nitrogens with zero attached hydrogens (tertiary/aromatic N) is 2. The molecule has 3 aromatic rings. The number of rotatable bonds is 3. The van der Waals surface area contributed by atoms with E-state index in [0.29, 0.717) is 0 Å². The number of fused-ring (bicyclic) bond motifs is 1. The second kappa shape index (κ2) is 6.97. The van der Waals surface area contributed by atoms with Gasteiger partial charge in [-0.2, -0.15) is 0 Å². The van der Waals surface area contributed by atoms with Gasteiger partial charge in [-0.25, -0.2) is 4.98 Å². The third-order valence-corrected chi connectivity index (χ3v) is 6.46. The second-order valence-electron chi connectivity index (χ2n) is 9.08. The van der Waals surface area contributed by atoms with Crippen molar-refractivity contribution in [3.05, 3.63) is 66.8 Å². The van der Waals surface area contributed by atoms with Crippen LogP contribution in [0.15, 0.2) is 66.8 Å². The lowest BCUT2D eigenvalue weighted by molar-refractivity contribution is 0.00578.